The van der Waals surface area contributed by atoms with Gasteiger partial charge in [0.05, 0.1) is 17.4 Å². The molecule has 2 N–H and O–H groups in total. The Morgan fingerprint density at radius 3 is 2.75 bits per heavy atom. The van der Waals surface area contributed by atoms with Crippen LogP contribution in [0.25, 0.3) is 0 Å². The third kappa shape index (κ3) is 5.97. The van der Waals surface area contributed by atoms with Crippen molar-refractivity contribution in [2.45, 2.75) is 45.8 Å². The number of para-hydroxylation sites is 2. The van der Waals surface area contributed by atoms with Crippen molar-refractivity contribution in [2.75, 3.05) is 31.5 Å². The van der Waals surface area contributed by atoms with Gasteiger partial charge in [-0.25, -0.2) is 0 Å². The number of nitrogens with one attached hydrogen (secondary N) is 2. The normalized spacial score (nSPS) is 14.3. The van der Waals surface area contributed by atoms with Gasteiger partial charge in [0.2, 0.25) is 0 Å². The van der Waals surface area contributed by atoms with Gasteiger partial charge in [-0.3, -0.25) is 4.79 Å². The molecule has 2 heterocycles. The van der Waals surface area contributed by atoms with Crippen molar-refractivity contribution in [3.63, 3.8) is 0 Å². The van der Waals surface area contributed by atoms with Crippen LogP contribution in [-0.4, -0.2) is 43.1 Å². The van der Waals surface area contributed by atoms with Crippen LogP contribution < -0.4 is 15.4 Å². The van der Waals surface area contributed by atoms with Crippen LogP contribution in [0, 0.1) is 0 Å². The van der Waals surface area contributed by atoms with Crippen molar-refractivity contribution in [1.29, 1.82) is 0 Å². The molecule has 28 heavy (non-hydrogen) atoms. The number of benzene rings is 1. The molecule has 1 aromatic heterocycles. The Morgan fingerprint density at radius 2 is 1.96 bits per heavy atom. The topological polar surface area (TPSA) is 53.6 Å². The Morgan fingerprint density at radius 1 is 1.18 bits per heavy atom. The molecule has 1 aliphatic rings. The molecule has 1 fully saturated rings. The number of carbonyl (C=O) groups excluding carboxylic acids is 1. The lowest BCUT2D eigenvalue weighted by Crippen LogP contribution is -2.35. The first kappa shape index (κ1) is 20.7. The van der Waals surface area contributed by atoms with E-state index >= 15 is 0 Å². The second-order valence-electron chi connectivity index (χ2n) is 7.42. The molecule has 1 aromatic carbocycles. The third-order valence-electron chi connectivity index (χ3n) is 4.71. The molecule has 0 spiro atoms. The highest BCUT2D eigenvalue weighted by molar-refractivity contribution is 7.10. The Balaban J connectivity index is 1.40. The lowest BCUT2D eigenvalue weighted by molar-refractivity contribution is 0.0725. The maximum absolute atomic E-state index is 12.5. The number of amides is 1. The van der Waals surface area contributed by atoms with Gasteiger partial charge in [0.25, 0.3) is 5.91 Å². The smallest absolute Gasteiger partial charge is 0.254 e. The quantitative estimate of drug-likeness (QED) is 0.613. The summed E-state index contributed by atoms with van der Waals surface area (Å²) in [6.07, 6.45) is 3.65. The average Bonchev–Trinajstić information content (AvgIpc) is 3.17. The second kappa shape index (κ2) is 10.5. The molecule has 152 valence electrons. The van der Waals surface area contributed by atoms with Gasteiger partial charge in [0.15, 0.2) is 0 Å². The number of likely N-dealkylation sites (tertiary alicyclic amines) is 1. The van der Waals surface area contributed by atoms with E-state index in [0.29, 0.717) is 0 Å². The summed E-state index contributed by atoms with van der Waals surface area (Å²) in [5, 5.41) is 8.86. The van der Waals surface area contributed by atoms with Gasteiger partial charge in [-0.1, -0.05) is 12.1 Å². The van der Waals surface area contributed by atoms with Crippen molar-refractivity contribution in [3.8, 4) is 5.75 Å². The third-order valence-corrected chi connectivity index (χ3v) is 5.65. The predicted molar refractivity (Wildman–Crippen MR) is 116 cm³/mol. The van der Waals surface area contributed by atoms with Crippen LogP contribution in [0.5, 0.6) is 5.75 Å². The fourth-order valence-corrected chi connectivity index (χ4v) is 4.16. The summed E-state index contributed by atoms with van der Waals surface area (Å²) in [5.41, 5.74) is 1.85. The fraction of sp³-hybridized carbons (Fsp3) is 0.500. The van der Waals surface area contributed by atoms with Crippen molar-refractivity contribution in [2.24, 2.45) is 0 Å². The molecule has 6 heteroatoms. The van der Waals surface area contributed by atoms with E-state index < -0.39 is 0 Å². The second-order valence-corrected chi connectivity index (χ2v) is 8.42. The van der Waals surface area contributed by atoms with E-state index in [1.165, 1.54) is 11.3 Å². The van der Waals surface area contributed by atoms with E-state index in [2.05, 4.69) is 10.6 Å². The molecular formula is C22H31N3O2S. The van der Waals surface area contributed by atoms with Crippen LogP contribution in [0.3, 0.4) is 0 Å². The largest absolute Gasteiger partial charge is 0.489 e. The first-order valence-corrected chi connectivity index (χ1v) is 11.1. The molecule has 2 aromatic rings. The van der Waals surface area contributed by atoms with E-state index in [0.717, 1.165) is 62.6 Å². The summed E-state index contributed by atoms with van der Waals surface area (Å²) in [5.74, 6) is 1.07. The lowest BCUT2D eigenvalue weighted by atomic mass is 10.1. The monoisotopic (exact) mass is 401 g/mol. The summed E-state index contributed by atoms with van der Waals surface area (Å²) in [6.45, 7) is 8.29. The highest BCUT2D eigenvalue weighted by atomic mass is 32.1. The number of anilines is 1. The molecule has 1 amide bonds. The molecule has 0 unspecified atom stereocenters. The van der Waals surface area contributed by atoms with Crippen molar-refractivity contribution < 1.29 is 9.53 Å². The maximum atomic E-state index is 12.5. The van der Waals surface area contributed by atoms with Crippen molar-refractivity contribution in [1.82, 2.24) is 10.2 Å². The Hall–Kier alpha value is -2.05. The molecule has 0 aliphatic carbocycles. The van der Waals surface area contributed by atoms with Crippen molar-refractivity contribution in [3.05, 3.63) is 46.2 Å². The first-order valence-electron chi connectivity index (χ1n) is 10.2. The van der Waals surface area contributed by atoms with Crippen LogP contribution >= 0.6 is 11.3 Å². The van der Waals surface area contributed by atoms with Crippen LogP contribution in [0.1, 0.15) is 48.3 Å². The molecule has 5 nitrogen and oxygen atoms in total. The van der Waals surface area contributed by atoms with Gasteiger partial charge in [0.1, 0.15) is 5.75 Å². The molecule has 0 atom stereocenters. The molecule has 0 bridgehead atoms. The first-order chi connectivity index (χ1) is 13.6. The molecule has 1 saturated heterocycles. The molecule has 1 aliphatic heterocycles. The minimum Gasteiger partial charge on any atom is -0.489 e. The van der Waals surface area contributed by atoms with E-state index in [1.807, 2.05) is 54.5 Å². The van der Waals surface area contributed by atoms with Gasteiger partial charge >= 0.3 is 0 Å². The number of rotatable bonds is 9. The van der Waals surface area contributed by atoms with Crippen molar-refractivity contribution >= 4 is 22.9 Å². The number of piperidine rings is 1. The Labute approximate surface area is 172 Å². The van der Waals surface area contributed by atoms with Gasteiger partial charge < -0.3 is 20.3 Å². The predicted octanol–water partition coefficient (Wildman–Crippen LogP) is 4.36. The summed E-state index contributed by atoms with van der Waals surface area (Å²) in [7, 11) is 0. The van der Waals surface area contributed by atoms with Crippen LogP contribution in [0.15, 0.2) is 35.7 Å². The standard InChI is InChI=1S/C22H31N3O2S/c1-17(2)27-21-9-5-4-8-20(21)24-11-10-23-15-19-14-18(16-28-19)22(26)25-12-6-3-7-13-25/h4-5,8-9,14,16-17,23-24H,3,6-7,10-13,15H2,1-2H3. The molecule has 0 radical (unpaired) electrons. The summed E-state index contributed by atoms with van der Waals surface area (Å²) in [6, 6.07) is 10.1. The maximum Gasteiger partial charge on any atom is 0.254 e. The Kier molecular flexibility index (Phi) is 7.74. The number of thiophene rings is 1. The van der Waals surface area contributed by atoms with Gasteiger partial charge in [-0.15, -0.1) is 11.3 Å². The highest BCUT2D eigenvalue weighted by Crippen LogP contribution is 2.24. The Bertz CT molecular complexity index is 754. The van der Waals surface area contributed by atoms with Crippen LogP contribution in [0.2, 0.25) is 0 Å². The number of hydrogen-bond acceptors (Lipinski definition) is 5. The number of ether oxygens (including phenoxy) is 1. The zero-order valence-corrected chi connectivity index (χ0v) is 17.7. The summed E-state index contributed by atoms with van der Waals surface area (Å²) in [4.78, 5) is 15.7. The van der Waals surface area contributed by atoms with E-state index in [4.69, 9.17) is 4.74 Å². The van der Waals surface area contributed by atoms with Gasteiger partial charge in [-0.05, 0) is 51.3 Å². The SMILES string of the molecule is CC(C)Oc1ccccc1NCCNCc1cc(C(=O)N2CCCCC2)cs1. The molecular weight excluding hydrogens is 370 g/mol. The molecule has 0 saturated carbocycles. The fourth-order valence-electron chi connectivity index (χ4n) is 3.33. The molecule has 3 rings (SSSR count). The van der Waals surface area contributed by atoms with E-state index in [9.17, 15) is 4.79 Å². The summed E-state index contributed by atoms with van der Waals surface area (Å²) < 4.78 is 5.83. The zero-order chi connectivity index (χ0) is 19.8. The van der Waals surface area contributed by atoms with Gasteiger partial charge in [-0.2, -0.15) is 0 Å². The van der Waals surface area contributed by atoms with Crippen LogP contribution in [-0.2, 0) is 6.54 Å². The minimum absolute atomic E-state index is 0.154. The number of hydrogen-bond donors (Lipinski definition) is 2. The summed E-state index contributed by atoms with van der Waals surface area (Å²) >= 11 is 1.66. The highest BCUT2D eigenvalue weighted by Gasteiger charge is 2.19. The van der Waals surface area contributed by atoms with E-state index in [1.54, 1.807) is 11.3 Å². The minimum atomic E-state index is 0.154. The van der Waals surface area contributed by atoms with E-state index in [-0.39, 0.29) is 12.0 Å². The lowest BCUT2D eigenvalue weighted by Gasteiger charge is -2.26. The van der Waals surface area contributed by atoms with Gasteiger partial charge in [0, 0.05) is 43.0 Å². The number of carbonyl (C=O) groups is 1. The number of nitrogens with zero attached hydrogens (tertiary/aromatic N) is 1. The zero-order valence-electron chi connectivity index (χ0n) is 16.9. The average molecular weight is 402 g/mol. The van der Waals surface area contributed by atoms with Crippen LogP contribution in [0.4, 0.5) is 5.69 Å².